The number of nitrogens with one attached hydrogen (secondary N) is 1. The van der Waals surface area contributed by atoms with Gasteiger partial charge in [-0.15, -0.1) is 0 Å². The van der Waals surface area contributed by atoms with Gasteiger partial charge in [-0.05, 0) is 51.2 Å². The number of anilines is 1. The van der Waals surface area contributed by atoms with Crippen LogP contribution < -0.4 is 10.1 Å². The molecule has 9 nitrogen and oxygen atoms in total. The normalized spacial score (nSPS) is 18.6. The Balaban J connectivity index is 1.37. The van der Waals surface area contributed by atoms with Gasteiger partial charge in [0.25, 0.3) is 0 Å². The zero-order chi connectivity index (χ0) is 26.6. The molecule has 1 aliphatic carbocycles. The third kappa shape index (κ3) is 5.63. The number of ether oxygens (including phenoxy) is 1. The minimum Gasteiger partial charge on any atom is -0.487 e. The van der Waals surface area contributed by atoms with Crippen LogP contribution in [0.5, 0.6) is 5.75 Å². The quantitative estimate of drug-likeness (QED) is 0.282. The molecule has 1 aromatic carbocycles. The number of nitrogens with zero attached hydrogens (tertiary/aromatic N) is 5. The highest BCUT2D eigenvalue weighted by atomic mass is 19.1. The van der Waals surface area contributed by atoms with Crippen LogP contribution in [-0.2, 0) is 6.54 Å². The summed E-state index contributed by atoms with van der Waals surface area (Å²) in [6.07, 6.45) is 7.94. The average Bonchev–Trinajstić information content (AvgIpc) is 3.54. The van der Waals surface area contributed by atoms with E-state index in [4.69, 9.17) is 14.9 Å². The fourth-order valence-corrected chi connectivity index (χ4v) is 4.94. The first-order valence-corrected chi connectivity index (χ1v) is 13.0. The second kappa shape index (κ2) is 11.4. The zero-order valence-electron chi connectivity index (χ0n) is 21.2. The van der Waals surface area contributed by atoms with Crippen molar-refractivity contribution in [2.24, 2.45) is 0 Å². The first-order chi connectivity index (χ1) is 18.4. The van der Waals surface area contributed by atoms with Crippen molar-refractivity contribution >= 4 is 16.7 Å². The predicted octanol–water partition coefficient (Wildman–Crippen LogP) is 4.31. The summed E-state index contributed by atoms with van der Waals surface area (Å²) in [4.78, 5) is 4.56. The van der Waals surface area contributed by atoms with Gasteiger partial charge in [-0.1, -0.05) is 0 Å². The molecule has 11 heteroatoms. The molecule has 0 aliphatic heterocycles. The Hall–Kier alpha value is -3.57. The molecule has 1 fully saturated rings. The number of hydrogen-bond donors (Lipinski definition) is 3. The third-order valence-corrected chi connectivity index (χ3v) is 6.94. The fraction of sp³-hybridized carbons (Fsp3) is 0.444. The maximum Gasteiger partial charge on any atom is 0.167 e. The first-order valence-electron chi connectivity index (χ1n) is 13.0. The Morgan fingerprint density at radius 1 is 1.16 bits per heavy atom. The molecule has 0 unspecified atom stereocenters. The van der Waals surface area contributed by atoms with Crippen molar-refractivity contribution in [1.82, 2.24) is 24.5 Å². The van der Waals surface area contributed by atoms with Gasteiger partial charge in [-0.25, -0.2) is 13.8 Å². The van der Waals surface area contributed by atoms with Gasteiger partial charge in [0, 0.05) is 48.6 Å². The molecule has 202 valence electrons. The number of fused-ring (bicyclic) bond motifs is 1. The van der Waals surface area contributed by atoms with E-state index >= 15 is 0 Å². The number of benzene rings is 1. The van der Waals surface area contributed by atoms with E-state index in [1.54, 1.807) is 10.9 Å². The smallest absolute Gasteiger partial charge is 0.167 e. The average molecular weight is 527 g/mol. The van der Waals surface area contributed by atoms with Crippen LogP contribution in [0, 0.1) is 11.6 Å². The lowest BCUT2D eigenvalue weighted by Gasteiger charge is -2.29. The summed E-state index contributed by atoms with van der Waals surface area (Å²) in [5, 5.41) is 32.3. The fourth-order valence-electron chi connectivity index (χ4n) is 4.94. The Morgan fingerprint density at radius 2 is 1.97 bits per heavy atom. The van der Waals surface area contributed by atoms with E-state index < -0.39 is 17.7 Å². The first kappa shape index (κ1) is 26.1. The number of aromatic nitrogens is 5. The van der Waals surface area contributed by atoms with Crippen molar-refractivity contribution < 1.29 is 23.7 Å². The van der Waals surface area contributed by atoms with Crippen molar-refractivity contribution in [2.45, 2.75) is 63.8 Å². The topological polar surface area (TPSA) is 110 Å². The summed E-state index contributed by atoms with van der Waals surface area (Å²) >= 11 is 0. The molecule has 3 aromatic heterocycles. The minimum atomic E-state index is -0.782. The summed E-state index contributed by atoms with van der Waals surface area (Å²) in [6, 6.07) is 5.51. The molecule has 0 radical (unpaired) electrons. The van der Waals surface area contributed by atoms with E-state index in [9.17, 15) is 13.9 Å². The number of hydrogen-bond acceptors (Lipinski definition) is 7. The second-order valence-electron chi connectivity index (χ2n) is 9.65. The van der Waals surface area contributed by atoms with Crippen LogP contribution in [0.2, 0.25) is 0 Å². The van der Waals surface area contributed by atoms with Crippen LogP contribution >= 0.6 is 0 Å². The summed E-state index contributed by atoms with van der Waals surface area (Å²) < 4.78 is 37.0. The SMILES string of the molecule is CCNc1cc2c(cn1)c(-c1cnn(CC[C@@H](O)CO)c1)nn2C1CCC(Oc2ccc(F)cc2F)CC1. The van der Waals surface area contributed by atoms with Gasteiger partial charge < -0.3 is 20.3 Å². The van der Waals surface area contributed by atoms with Gasteiger partial charge in [0.05, 0.1) is 36.6 Å². The van der Waals surface area contributed by atoms with Gasteiger partial charge in [0.1, 0.15) is 17.3 Å². The number of aliphatic hydroxyl groups is 2. The van der Waals surface area contributed by atoms with E-state index in [1.807, 2.05) is 25.4 Å². The summed E-state index contributed by atoms with van der Waals surface area (Å²) in [5.74, 6) is -0.471. The number of aliphatic hydroxyl groups excluding tert-OH is 2. The Labute approximate surface area is 219 Å². The summed E-state index contributed by atoms with van der Waals surface area (Å²) in [6.45, 7) is 2.95. The molecule has 1 atom stereocenters. The molecule has 5 rings (SSSR count). The van der Waals surface area contributed by atoms with E-state index in [2.05, 4.69) is 20.1 Å². The lowest BCUT2D eigenvalue weighted by Crippen LogP contribution is -2.26. The van der Waals surface area contributed by atoms with Crippen molar-refractivity contribution in [1.29, 1.82) is 0 Å². The van der Waals surface area contributed by atoms with Crippen LogP contribution in [0.1, 0.15) is 45.1 Å². The highest BCUT2D eigenvalue weighted by molar-refractivity contribution is 5.93. The molecule has 0 bridgehead atoms. The molecule has 3 heterocycles. The van der Waals surface area contributed by atoms with E-state index in [1.165, 1.54) is 12.1 Å². The van der Waals surface area contributed by atoms with Crippen LogP contribution in [0.15, 0.2) is 42.9 Å². The monoisotopic (exact) mass is 526 g/mol. The summed E-state index contributed by atoms with van der Waals surface area (Å²) in [7, 11) is 0. The van der Waals surface area contributed by atoms with Gasteiger partial charge >= 0.3 is 0 Å². The van der Waals surface area contributed by atoms with E-state index in [0.29, 0.717) is 25.8 Å². The van der Waals surface area contributed by atoms with Crippen LogP contribution in [0.4, 0.5) is 14.6 Å². The molecule has 0 amide bonds. The minimum absolute atomic E-state index is 0.0755. The van der Waals surface area contributed by atoms with Crippen molar-refractivity contribution in [3.05, 3.63) is 54.5 Å². The molecule has 38 heavy (non-hydrogen) atoms. The van der Waals surface area contributed by atoms with Gasteiger partial charge in [-0.2, -0.15) is 10.2 Å². The molecular formula is C27H32F2N6O3. The molecular weight excluding hydrogens is 494 g/mol. The molecule has 1 saturated carbocycles. The maximum absolute atomic E-state index is 14.1. The van der Waals surface area contributed by atoms with Crippen molar-refractivity contribution in [3.63, 3.8) is 0 Å². The third-order valence-electron chi connectivity index (χ3n) is 6.94. The molecule has 4 aromatic rings. The summed E-state index contributed by atoms with van der Waals surface area (Å²) in [5.41, 5.74) is 2.58. The van der Waals surface area contributed by atoms with Crippen molar-refractivity contribution in [2.75, 3.05) is 18.5 Å². The number of pyridine rings is 1. The number of aryl methyl sites for hydroxylation is 1. The highest BCUT2D eigenvalue weighted by Gasteiger charge is 2.27. The molecule has 0 spiro atoms. The van der Waals surface area contributed by atoms with Gasteiger partial charge in [0.15, 0.2) is 11.6 Å². The van der Waals surface area contributed by atoms with Gasteiger partial charge in [0.2, 0.25) is 0 Å². The standard InChI is InChI=1S/C27H32F2N6O3/c1-2-30-26-12-24-22(14-31-26)27(17-13-32-34(15-17)10-9-20(37)16-36)33-35(24)19-4-6-21(7-5-19)38-25-8-3-18(28)11-23(25)29/h3,8,11-15,19-21,36-37H,2,4-7,9-10,16H2,1H3,(H,30,31)/t19?,20-,21?/m1/s1. The molecule has 1 aliphatic rings. The Morgan fingerprint density at radius 3 is 2.71 bits per heavy atom. The Kier molecular flexibility index (Phi) is 7.85. The largest absolute Gasteiger partial charge is 0.487 e. The van der Waals surface area contributed by atoms with E-state index in [-0.39, 0.29) is 24.5 Å². The van der Waals surface area contributed by atoms with Gasteiger partial charge in [-0.3, -0.25) is 9.36 Å². The lowest BCUT2D eigenvalue weighted by atomic mass is 9.93. The highest BCUT2D eigenvalue weighted by Crippen LogP contribution is 2.36. The lowest BCUT2D eigenvalue weighted by molar-refractivity contribution is 0.0838. The zero-order valence-corrected chi connectivity index (χ0v) is 21.2. The molecule has 3 N–H and O–H groups in total. The number of halogens is 2. The Bertz CT molecular complexity index is 1380. The van der Waals surface area contributed by atoms with Crippen LogP contribution in [-0.4, -0.2) is 60.1 Å². The maximum atomic E-state index is 14.1. The van der Waals surface area contributed by atoms with Crippen molar-refractivity contribution in [3.8, 4) is 17.0 Å². The number of rotatable bonds is 10. The predicted molar refractivity (Wildman–Crippen MR) is 139 cm³/mol. The molecule has 0 saturated heterocycles. The van der Waals surface area contributed by atoms with Crippen LogP contribution in [0.25, 0.3) is 22.2 Å². The van der Waals surface area contributed by atoms with E-state index in [0.717, 1.165) is 53.4 Å². The second-order valence-corrected chi connectivity index (χ2v) is 9.65. The van der Waals surface area contributed by atoms with Crippen LogP contribution in [0.3, 0.4) is 0 Å².